The summed E-state index contributed by atoms with van der Waals surface area (Å²) in [5, 5.41) is 3.75. The van der Waals surface area contributed by atoms with Crippen LogP contribution in [0.15, 0.2) is 71.3 Å². The molecular formula is C28H28BrN3O4. The Hall–Kier alpha value is -3.52. The van der Waals surface area contributed by atoms with Gasteiger partial charge in [0.05, 0.1) is 7.11 Å². The highest BCUT2D eigenvalue weighted by Crippen LogP contribution is 2.37. The molecule has 5 rings (SSSR count). The van der Waals surface area contributed by atoms with E-state index in [1.54, 1.807) is 25.3 Å². The van der Waals surface area contributed by atoms with Crippen molar-refractivity contribution in [1.29, 1.82) is 0 Å². The van der Waals surface area contributed by atoms with Crippen LogP contribution < -0.4 is 19.5 Å². The fraction of sp³-hybridized carbons (Fsp3) is 0.286. The minimum absolute atomic E-state index is 0.203. The Morgan fingerprint density at radius 2 is 1.86 bits per heavy atom. The summed E-state index contributed by atoms with van der Waals surface area (Å²) in [4.78, 5) is 17.3. The second-order valence-corrected chi connectivity index (χ2v) is 9.72. The SMILES string of the molecule is COc1cc(-c2nc3ccc(Br)cn3c2NC2CCCCC2)ccc1OC(=O)COc1ccccc1. The third-order valence-electron chi connectivity index (χ3n) is 6.29. The Morgan fingerprint density at radius 3 is 2.64 bits per heavy atom. The van der Waals surface area contributed by atoms with E-state index >= 15 is 0 Å². The molecule has 1 N–H and O–H groups in total. The number of nitrogens with zero attached hydrogens (tertiary/aromatic N) is 2. The van der Waals surface area contributed by atoms with E-state index in [1.807, 2.05) is 48.7 Å². The van der Waals surface area contributed by atoms with E-state index in [-0.39, 0.29) is 6.61 Å². The largest absolute Gasteiger partial charge is 0.493 e. The van der Waals surface area contributed by atoms with E-state index in [0.717, 1.165) is 40.0 Å². The summed E-state index contributed by atoms with van der Waals surface area (Å²) in [5.74, 6) is 1.82. The van der Waals surface area contributed by atoms with Gasteiger partial charge in [0.25, 0.3) is 0 Å². The van der Waals surface area contributed by atoms with Gasteiger partial charge in [0.2, 0.25) is 0 Å². The van der Waals surface area contributed by atoms with Gasteiger partial charge in [-0.1, -0.05) is 37.5 Å². The van der Waals surface area contributed by atoms with Crippen molar-refractivity contribution >= 4 is 33.4 Å². The molecule has 2 aromatic heterocycles. The molecule has 1 aliphatic rings. The summed E-state index contributed by atoms with van der Waals surface area (Å²) in [6.07, 6.45) is 8.06. The number of anilines is 1. The molecule has 1 saturated carbocycles. The van der Waals surface area contributed by atoms with Crippen LogP contribution in [0.2, 0.25) is 0 Å². The molecule has 1 aliphatic carbocycles. The third kappa shape index (κ3) is 5.49. The van der Waals surface area contributed by atoms with Gasteiger partial charge < -0.3 is 19.5 Å². The van der Waals surface area contributed by atoms with Crippen LogP contribution in [0.4, 0.5) is 5.82 Å². The summed E-state index contributed by atoms with van der Waals surface area (Å²) in [6.45, 7) is -0.203. The topological polar surface area (TPSA) is 74.1 Å². The van der Waals surface area contributed by atoms with E-state index in [2.05, 4.69) is 25.6 Å². The first-order valence-electron chi connectivity index (χ1n) is 12.1. The van der Waals surface area contributed by atoms with E-state index in [1.165, 1.54) is 19.3 Å². The molecule has 0 atom stereocenters. The number of carbonyl (C=O) groups is 1. The maximum atomic E-state index is 12.4. The molecule has 0 aliphatic heterocycles. The van der Waals surface area contributed by atoms with Crippen LogP contribution in [0.25, 0.3) is 16.9 Å². The van der Waals surface area contributed by atoms with Crippen LogP contribution in [-0.4, -0.2) is 35.1 Å². The maximum Gasteiger partial charge on any atom is 0.349 e. The number of imidazole rings is 1. The molecule has 0 radical (unpaired) electrons. The normalized spacial score (nSPS) is 13.9. The lowest BCUT2D eigenvalue weighted by atomic mass is 9.95. The third-order valence-corrected chi connectivity index (χ3v) is 6.76. The van der Waals surface area contributed by atoms with Gasteiger partial charge in [-0.2, -0.15) is 0 Å². The van der Waals surface area contributed by atoms with Gasteiger partial charge in [-0.3, -0.25) is 4.40 Å². The zero-order valence-electron chi connectivity index (χ0n) is 20.1. The van der Waals surface area contributed by atoms with E-state index < -0.39 is 5.97 Å². The monoisotopic (exact) mass is 549 g/mol. The Bertz CT molecular complexity index is 1350. The molecule has 0 bridgehead atoms. The number of esters is 1. The molecule has 0 spiro atoms. The first kappa shape index (κ1) is 24.2. The van der Waals surface area contributed by atoms with Gasteiger partial charge in [0.15, 0.2) is 18.1 Å². The predicted molar refractivity (Wildman–Crippen MR) is 143 cm³/mol. The van der Waals surface area contributed by atoms with E-state index in [0.29, 0.717) is 23.3 Å². The van der Waals surface area contributed by atoms with Gasteiger partial charge in [-0.15, -0.1) is 0 Å². The van der Waals surface area contributed by atoms with E-state index in [4.69, 9.17) is 19.2 Å². The number of halogens is 1. The van der Waals surface area contributed by atoms with Gasteiger partial charge in [0, 0.05) is 22.3 Å². The van der Waals surface area contributed by atoms with Gasteiger partial charge in [-0.25, -0.2) is 9.78 Å². The van der Waals surface area contributed by atoms with Crippen LogP contribution in [0, 0.1) is 0 Å². The van der Waals surface area contributed by atoms with Crippen molar-refractivity contribution in [3.63, 3.8) is 0 Å². The molecule has 0 amide bonds. The van der Waals surface area contributed by atoms with Gasteiger partial charge in [0.1, 0.15) is 22.9 Å². The first-order valence-corrected chi connectivity index (χ1v) is 12.9. The molecule has 4 aromatic rings. The average Bonchev–Trinajstić information content (AvgIpc) is 3.26. The number of fused-ring (bicyclic) bond motifs is 1. The summed E-state index contributed by atoms with van der Waals surface area (Å²) >= 11 is 3.58. The smallest absolute Gasteiger partial charge is 0.349 e. The molecule has 2 heterocycles. The van der Waals surface area contributed by atoms with Crippen LogP contribution in [0.3, 0.4) is 0 Å². The van der Waals surface area contributed by atoms with Crippen LogP contribution in [0.1, 0.15) is 32.1 Å². The summed E-state index contributed by atoms with van der Waals surface area (Å²) in [5.41, 5.74) is 2.53. The van der Waals surface area contributed by atoms with Crippen molar-refractivity contribution in [1.82, 2.24) is 9.38 Å². The van der Waals surface area contributed by atoms with Crippen molar-refractivity contribution in [3.8, 4) is 28.5 Å². The number of pyridine rings is 1. The quantitative estimate of drug-likeness (QED) is 0.199. The molecular weight excluding hydrogens is 522 g/mol. The minimum Gasteiger partial charge on any atom is -0.493 e. The van der Waals surface area contributed by atoms with Crippen LogP contribution in [-0.2, 0) is 4.79 Å². The number of hydrogen-bond acceptors (Lipinski definition) is 6. The number of aromatic nitrogens is 2. The van der Waals surface area contributed by atoms with E-state index in [9.17, 15) is 4.79 Å². The molecule has 1 fully saturated rings. The second kappa shape index (κ2) is 11.0. The lowest BCUT2D eigenvalue weighted by Crippen LogP contribution is -2.23. The highest BCUT2D eigenvalue weighted by Gasteiger charge is 2.21. The molecule has 36 heavy (non-hydrogen) atoms. The van der Waals surface area contributed by atoms with Crippen LogP contribution >= 0.6 is 15.9 Å². The number of carbonyl (C=O) groups excluding carboxylic acids is 1. The Balaban J connectivity index is 1.41. The number of benzene rings is 2. The Labute approximate surface area is 218 Å². The number of nitrogens with one attached hydrogen (secondary N) is 1. The van der Waals surface area contributed by atoms with Crippen molar-refractivity contribution in [2.45, 2.75) is 38.1 Å². The highest BCUT2D eigenvalue weighted by atomic mass is 79.9. The Morgan fingerprint density at radius 1 is 1.06 bits per heavy atom. The number of para-hydroxylation sites is 1. The zero-order chi connectivity index (χ0) is 24.9. The minimum atomic E-state index is -0.512. The molecule has 0 unspecified atom stereocenters. The molecule has 7 nitrogen and oxygen atoms in total. The number of methoxy groups -OCH3 is 1. The number of ether oxygens (including phenoxy) is 3. The van der Waals surface area contributed by atoms with Gasteiger partial charge in [-0.05, 0) is 71.2 Å². The average molecular weight is 550 g/mol. The summed E-state index contributed by atoms with van der Waals surface area (Å²) in [7, 11) is 1.55. The fourth-order valence-corrected chi connectivity index (χ4v) is 4.85. The standard InChI is InChI=1S/C28H28BrN3O4/c1-34-24-16-19(12-14-23(24)36-26(33)18-35-22-10-6-3-7-11-22)27-28(30-21-8-4-2-5-9-21)32-17-20(29)13-15-25(32)31-27/h3,6-7,10-17,21,30H,2,4-5,8-9,18H2,1H3. The fourth-order valence-electron chi connectivity index (χ4n) is 4.51. The van der Waals surface area contributed by atoms with Crippen molar-refractivity contribution < 1.29 is 19.0 Å². The Kier molecular flexibility index (Phi) is 7.41. The number of rotatable bonds is 8. The zero-order valence-corrected chi connectivity index (χ0v) is 21.7. The van der Waals surface area contributed by atoms with Crippen molar-refractivity contribution in [2.24, 2.45) is 0 Å². The summed E-state index contributed by atoms with van der Waals surface area (Å²) < 4.78 is 19.7. The van der Waals surface area contributed by atoms with Crippen molar-refractivity contribution in [2.75, 3.05) is 19.0 Å². The van der Waals surface area contributed by atoms with Crippen LogP contribution in [0.5, 0.6) is 17.2 Å². The number of hydrogen-bond donors (Lipinski definition) is 1. The lowest BCUT2D eigenvalue weighted by molar-refractivity contribution is -0.136. The second-order valence-electron chi connectivity index (χ2n) is 8.81. The molecule has 8 heteroatoms. The first-order chi connectivity index (χ1) is 17.6. The lowest BCUT2D eigenvalue weighted by Gasteiger charge is -2.24. The van der Waals surface area contributed by atoms with Gasteiger partial charge >= 0.3 is 5.97 Å². The summed E-state index contributed by atoms with van der Waals surface area (Å²) in [6, 6.07) is 19.0. The maximum absolute atomic E-state index is 12.4. The molecule has 186 valence electrons. The predicted octanol–water partition coefficient (Wildman–Crippen LogP) is 6.50. The molecule has 0 saturated heterocycles. The highest BCUT2D eigenvalue weighted by molar-refractivity contribution is 9.10. The van der Waals surface area contributed by atoms with Crippen molar-refractivity contribution in [3.05, 3.63) is 71.3 Å². The molecule has 2 aromatic carbocycles.